The van der Waals surface area contributed by atoms with Crippen LogP contribution in [0.4, 0.5) is 5.69 Å². The number of carbonyl (C=O) groups is 2. The minimum Gasteiger partial charge on any atom is -0.308 e. The van der Waals surface area contributed by atoms with Crippen molar-refractivity contribution < 1.29 is 9.59 Å². The van der Waals surface area contributed by atoms with Gasteiger partial charge in [-0.25, -0.2) is 0 Å². The Hall–Kier alpha value is -2.49. The van der Waals surface area contributed by atoms with E-state index < -0.39 is 0 Å². The lowest BCUT2D eigenvalue weighted by atomic mass is 9.97. The first kappa shape index (κ1) is 13.5. The van der Waals surface area contributed by atoms with E-state index in [-0.39, 0.29) is 11.7 Å². The number of fused-ring (bicyclic) bond motifs is 1. The molecule has 1 amide bonds. The minimum absolute atomic E-state index is 0.0195. The van der Waals surface area contributed by atoms with E-state index in [2.05, 4.69) is 4.98 Å². The summed E-state index contributed by atoms with van der Waals surface area (Å²) in [6, 6.07) is 9.02. The van der Waals surface area contributed by atoms with Gasteiger partial charge in [0.05, 0.1) is 0 Å². The van der Waals surface area contributed by atoms with Crippen LogP contribution in [0.15, 0.2) is 42.7 Å². The normalized spacial score (nSPS) is 13.7. The second-order valence-corrected chi connectivity index (χ2v) is 5.20. The molecular formula is C17H16N2O2. The minimum atomic E-state index is -0.0195. The number of rotatable bonds is 2. The molecule has 0 atom stereocenters. The van der Waals surface area contributed by atoms with Crippen LogP contribution in [0.2, 0.25) is 0 Å². The number of aromatic nitrogens is 1. The number of benzene rings is 1. The maximum atomic E-state index is 12.6. The molecule has 0 N–H and O–H groups in total. The molecule has 0 radical (unpaired) electrons. The van der Waals surface area contributed by atoms with Crippen molar-refractivity contribution in [3.63, 3.8) is 0 Å². The molecule has 0 saturated carbocycles. The highest BCUT2D eigenvalue weighted by Gasteiger charge is 2.24. The van der Waals surface area contributed by atoms with E-state index in [0.717, 1.165) is 24.1 Å². The SMILES string of the molecule is CC(=O)c1ccc2c(c1)CCCN2C(=O)c1ccncc1. The van der Waals surface area contributed by atoms with Crippen molar-refractivity contribution in [2.45, 2.75) is 19.8 Å². The van der Waals surface area contributed by atoms with Gasteiger partial charge in [-0.15, -0.1) is 0 Å². The van der Waals surface area contributed by atoms with E-state index in [9.17, 15) is 9.59 Å². The quantitative estimate of drug-likeness (QED) is 0.795. The van der Waals surface area contributed by atoms with Crippen molar-refractivity contribution in [2.75, 3.05) is 11.4 Å². The Kier molecular flexibility index (Phi) is 3.52. The van der Waals surface area contributed by atoms with Gasteiger partial charge >= 0.3 is 0 Å². The van der Waals surface area contributed by atoms with Gasteiger partial charge in [-0.05, 0) is 55.7 Å². The lowest BCUT2D eigenvalue weighted by Gasteiger charge is -2.29. The fraction of sp³-hybridized carbons (Fsp3) is 0.235. The third-order valence-corrected chi connectivity index (χ3v) is 3.78. The largest absolute Gasteiger partial charge is 0.308 e. The molecular weight excluding hydrogens is 264 g/mol. The number of hydrogen-bond acceptors (Lipinski definition) is 3. The Bertz CT molecular complexity index is 695. The van der Waals surface area contributed by atoms with Crippen molar-refractivity contribution in [1.29, 1.82) is 0 Å². The summed E-state index contributed by atoms with van der Waals surface area (Å²) in [7, 11) is 0. The Morgan fingerprint density at radius 3 is 2.57 bits per heavy atom. The number of pyridine rings is 1. The van der Waals surface area contributed by atoms with E-state index in [4.69, 9.17) is 0 Å². The number of amides is 1. The highest BCUT2D eigenvalue weighted by Crippen LogP contribution is 2.29. The highest BCUT2D eigenvalue weighted by atomic mass is 16.2. The number of nitrogens with zero attached hydrogens (tertiary/aromatic N) is 2. The molecule has 4 nitrogen and oxygen atoms in total. The third-order valence-electron chi connectivity index (χ3n) is 3.78. The molecule has 0 fully saturated rings. The summed E-state index contributed by atoms with van der Waals surface area (Å²) in [6.07, 6.45) is 5.05. The zero-order valence-corrected chi connectivity index (χ0v) is 11.9. The molecule has 21 heavy (non-hydrogen) atoms. The van der Waals surface area contributed by atoms with Crippen molar-refractivity contribution in [3.8, 4) is 0 Å². The highest BCUT2D eigenvalue weighted by molar-refractivity contribution is 6.07. The summed E-state index contributed by atoms with van der Waals surface area (Å²) in [5.74, 6) is 0.0318. The van der Waals surface area contributed by atoms with E-state index in [1.54, 1.807) is 42.4 Å². The molecule has 1 aromatic heterocycles. The maximum Gasteiger partial charge on any atom is 0.258 e. The van der Waals surface area contributed by atoms with Gasteiger partial charge in [0, 0.05) is 35.8 Å². The molecule has 1 aliphatic heterocycles. The molecule has 1 aromatic carbocycles. The Morgan fingerprint density at radius 1 is 1.10 bits per heavy atom. The van der Waals surface area contributed by atoms with Crippen LogP contribution in [0.25, 0.3) is 0 Å². The standard InChI is InChI=1S/C17H16N2O2/c1-12(20)14-4-5-16-15(11-14)3-2-10-19(16)17(21)13-6-8-18-9-7-13/h4-9,11H,2-3,10H2,1H3. The second kappa shape index (κ2) is 5.48. The summed E-state index contributed by atoms with van der Waals surface area (Å²) >= 11 is 0. The smallest absolute Gasteiger partial charge is 0.258 e. The fourth-order valence-electron chi connectivity index (χ4n) is 2.68. The van der Waals surface area contributed by atoms with Crippen molar-refractivity contribution >= 4 is 17.4 Å². The summed E-state index contributed by atoms with van der Waals surface area (Å²) in [4.78, 5) is 29.8. The summed E-state index contributed by atoms with van der Waals surface area (Å²) in [5.41, 5.74) is 3.31. The van der Waals surface area contributed by atoms with Gasteiger partial charge in [-0.1, -0.05) is 0 Å². The van der Waals surface area contributed by atoms with Crippen LogP contribution in [0.3, 0.4) is 0 Å². The van der Waals surface area contributed by atoms with Crippen LogP contribution >= 0.6 is 0 Å². The zero-order chi connectivity index (χ0) is 14.8. The van der Waals surface area contributed by atoms with Crippen LogP contribution in [0.5, 0.6) is 0 Å². The first-order valence-electron chi connectivity index (χ1n) is 7.02. The number of anilines is 1. The molecule has 2 aromatic rings. The van der Waals surface area contributed by atoms with Crippen molar-refractivity contribution in [1.82, 2.24) is 4.98 Å². The number of hydrogen-bond donors (Lipinski definition) is 0. The van der Waals surface area contributed by atoms with E-state index in [1.165, 1.54) is 0 Å². The second-order valence-electron chi connectivity index (χ2n) is 5.20. The Balaban J connectivity index is 1.97. The molecule has 2 heterocycles. The van der Waals surface area contributed by atoms with Gasteiger partial charge in [0.15, 0.2) is 5.78 Å². The van der Waals surface area contributed by atoms with Gasteiger partial charge in [0.2, 0.25) is 0 Å². The van der Waals surface area contributed by atoms with Crippen molar-refractivity contribution in [2.24, 2.45) is 0 Å². The molecule has 0 aliphatic carbocycles. The summed E-state index contributed by atoms with van der Waals surface area (Å²) in [5, 5.41) is 0. The van der Waals surface area contributed by atoms with Crippen LogP contribution in [-0.4, -0.2) is 23.2 Å². The molecule has 4 heteroatoms. The summed E-state index contributed by atoms with van der Waals surface area (Å²) in [6.45, 7) is 2.26. The molecule has 0 bridgehead atoms. The first-order chi connectivity index (χ1) is 10.2. The van der Waals surface area contributed by atoms with Crippen LogP contribution in [0.1, 0.15) is 39.6 Å². The van der Waals surface area contributed by atoms with Gasteiger partial charge in [0.25, 0.3) is 5.91 Å². The molecule has 0 unspecified atom stereocenters. The van der Waals surface area contributed by atoms with E-state index in [1.807, 2.05) is 12.1 Å². The molecule has 0 spiro atoms. The van der Waals surface area contributed by atoms with Crippen LogP contribution in [-0.2, 0) is 6.42 Å². The van der Waals surface area contributed by atoms with Gasteiger partial charge in [0.1, 0.15) is 0 Å². The maximum absolute atomic E-state index is 12.6. The predicted octanol–water partition coefficient (Wildman–Crippen LogP) is 2.88. The average molecular weight is 280 g/mol. The summed E-state index contributed by atoms with van der Waals surface area (Å²) < 4.78 is 0. The first-order valence-corrected chi connectivity index (χ1v) is 7.02. The van der Waals surface area contributed by atoms with Gasteiger partial charge < -0.3 is 4.90 Å². The number of carbonyl (C=O) groups excluding carboxylic acids is 2. The van der Waals surface area contributed by atoms with Gasteiger partial charge in [-0.3, -0.25) is 14.6 Å². The van der Waals surface area contributed by atoms with Crippen molar-refractivity contribution in [3.05, 3.63) is 59.4 Å². The molecule has 0 saturated heterocycles. The van der Waals surface area contributed by atoms with E-state index in [0.29, 0.717) is 17.7 Å². The fourth-order valence-corrected chi connectivity index (χ4v) is 2.68. The molecule has 106 valence electrons. The Labute approximate surface area is 123 Å². The lowest BCUT2D eigenvalue weighted by Crippen LogP contribution is -2.35. The predicted molar refractivity (Wildman–Crippen MR) is 80.7 cm³/mol. The van der Waals surface area contributed by atoms with Crippen LogP contribution in [0, 0.1) is 0 Å². The molecule has 1 aliphatic rings. The third kappa shape index (κ3) is 2.57. The average Bonchev–Trinajstić information content (AvgIpc) is 2.54. The lowest BCUT2D eigenvalue weighted by molar-refractivity contribution is 0.0984. The monoisotopic (exact) mass is 280 g/mol. The zero-order valence-electron chi connectivity index (χ0n) is 11.9. The van der Waals surface area contributed by atoms with Gasteiger partial charge in [-0.2, -0.15) is 0 Å². The molecule has 3 rings (SSSR count). The Morgan fingerprint density at radius 2 is 1.86 bits per heavy atom. The number of aryl methyl sites for hydroxylation is 1. The number of ketones is 1. The number of Topliss-reactive ketones (excluding diaryl/α,β-unsaturated/α-hetero) is 1. The van der Waals surface area contributed by atoms with E-state index >= 15 is 0 Å². The van der Waals surface area contributed by atoms with Crippen LogP contribution < -0.4 is 4.90 Å². The topological polar surface area (TPSA) is 50.3 Å².